The molecule has 4 bridgehead atoms. The Bertz CT molecular complexity index is 2180. The standard InChI is InChI=1S/C37H32FN5O8/c1-18(2)28-33-43-29(32-39-26(17-48-32)34(45)47-3)30(51-33)37-22-15-21(38)10-11-24(22)40-35(37)50-27-12-9-20(13-23(27)37)14-25(31(44)42-28)41-36(46)49-16-19-7-5-4-6-8-19/h4-13,15,17-18,25,28,35,40H,14,16H2,1-3H3,(H,41,46)(H,42,44)/t25-,28-,35+,37-/m0/s1. The molecule has 0 unspecified atom stereocenters. The number of nitrogens with zero attached hydrogens (tertiary/aromatic N) is 2. The number of aromatic nitrogens is 2. The lowest BCUT2D eigenvalue weighted by atomic mass is 9.72. The van der Waals surface area contributed by atoms with Crippen molar-refractivity contribution >= 4 is 23.7 Å². The van der Waals surface area contributed by atoms with Crippen molar-refractivity contribution in [3.63, 3.8) is 0 Å². The Hall–Kier alpha value is -6.18. The number of oxazole rings is 2. The summed E-state index contributed by atoms with van der Waals surface area (Å²) in [7, 11) is 1.22. The fraction of sp³-hybridized carbons (Fsp3) is 0.270. The highest BCUT2D eigenvalue weighted by atomic mass is 19.1. The van der Waals surface area contributed by atoms with Crippen LogP contribution in [0.25, 0.3) is 11.6 Å². The fourth-order valence-corrected chi connectivity index (χ4v) is 6.95. The number of fused-ring (bicyclic) bond motifs is 4. The molecule has 5 heterocycles. The summed E-state index contributed by atoms with van der Waals surface area (Å²) < 4.78 is 44.5. The van der Waals surface area contributed by atoms with Crippen molar-refractivity contribution in [1.82, 2.24) is 20.6 Å². The van der Waals surface area contributed by atoms with Gasteiger partial charge in [0.2, 0.25) is 17.7 Å². The first kappa shape index (κ1) is 32.0. The van der Waals surface area contributed by atoms with Gasteiger partial charge in [-0.2, -0.15) is 0 Å². The molecule has 14 heteroatoms. The van der Waals surface area contributed by atoms with E-state index in [1.54, 1.807) is 18.2 Å². The molecule has 8 rings (SSSR count). The Balaban J connectivity index is 1.29. The van der Waals surface area contributed by atoms with Crippen molar-refractivity contribution in [2.24, 2.45) is 5.92 Å². The van der Waals surface area contributed by atoms with Gasteiger partial charge in [-0.15, -0.1) is 0 Å². The lowest BCUT2D eigenvalue weighted by Crippen LogP contribution is -2.49. The van der Waals surface area contributed by atoms with Crippen molar-refractivity contribution in [1.29, 1.82) is 0 Å². The molecule has 2 amide bonds. The van der Waals surface area contributed by atoms with Gasteiger partial charge in [-0.3, -0.25) is 4.79 Å². The van der Waals surface area contributed by atoms with Gasteiger partial charge in [-0.05, 0) is 41.3 Å². The summed E-state index contributed by atoms with van der Waals surface area (Å²) in [6, 6.07) is 17.1. The van der Waals surface area contributed by atoms with Crippen LogP contribution in [0.2, 0.25) is 0 Å². The molecular weight excluding hydrogens is 661 g/mol. The third-order valence-corrected chi connectivity index (χ3v) is 9.39. The van der Waals surface area contributed by atoms with E-state index >= 15 is 4.39 Å². The highest BCUT2D eigenvalue weighted by molar-refractivity contribution is 5.88. The molecule has 260 valence electrons. The highest BCUT2D eigenvalue weighted by Gasteiger charge is 2.61. The third-order valence-electron chi connectivity index (χ3n) is 9.39. The van der Waals surface area contributed by atoms with Crippen molar-refractivity contribution < 1.29 is 41.8 Å². The van der Waals surface area contributed by atoms with Crippen LogP contribution in [0.1, 0.15) is 64.3 Å². The van der Waals surface area contributed by atoms with E-state index in [1.807, 2.05) is 50.2 Å². The van der Waals surface area contributed by atoms with E-state index in [0.717, 1.165) is 11.8 Å². The molecule has 0 saturated carbocycles. The summed E-state index contributed by atoms with van der Waals surface area (Å²) in [5.74, 6) is -1.28. The van der Waals surface area contributed by atoms with Crippen molar-refractivity contribution in [2.45, 2.75) is 50.6 Å². The maximum atomic E-state index is 15.2. The van der Waals surface area contributed by atoms with Gasteiger partial charge in [0.15, 0.2) is 23.4 Å². The average molecular weight is 694 g/mol. The number of esters is 1. The first-order valence-corrected chi connectivity index (χ1v) is 16.3. The molecule has 0 aliphatic carbocycles. The van der Waals surface area contributed by atoms with Gasteiger partial charge in [0.1, 0.15) is 41.9 Å². The number of carbonyl (C=O) groups is 3. The quantitative estimate of drug-likeness (QED) is 0.195. The summed E-state index contributed by atoms with van der Waals surface area (Å²) in [4.78, 5) is 48.7. The Morgan fingerprint density at radius 1 is 1.06 bits per heavy atom. The number of carbonyl (C=O) groups excluding carboxylic acids is 3. The molecule has 3 aliphatic rings. The van der Waals surface area contributed by atoms with E-state index in [4.69, 9.17) is 28.0 Å². The number of halogens is 1. The van der Waals surface area contributed by atoms with Crippen molar-refractivity contribution in [2.75, 3.05) is 12.4 Å². The first-order chi connectivity index (χ1) is 24.6. The third kappa shape index (κ3) is 5.34. The second-order valence-corrected chi connectivity index (χ2v) is 12.9. The molecule has 4 atom stereocenters. The van der Waals surface area contributed by atoms with Crippen LogP contribution in [-0.2, 0) is 32.7 Å². The normalized spacial score (nSPS) is 21.3. The van der Waals surface area contributed by atoms with Crippen molar-refractivity contribution in [3.05, 3.63) is 118 Å². The minimum Gasteiger partial charge on any atom is -0.469 e. The Kier molecular flexibility index (Phi) is 7.73. The SMILES string of the molecule is COC(=O)c1coc(-c2nc3oc2[C@@]24c5cc(F)ccc5N[C@@H]2Oc2ccc(cc24)C[C@H](NC(=O)OCc2ccccc2)C(=O)N[C@H]3C(C)C)n1. The van der Waals surface area contributed by atoms with Crippen LogP contribution in [-0.4, -0.2) is 47.3 Å². The zero-order valence-electron chi connectivity index (χ0n) is 27.7. The van der Waals surface area contributed by atoms with Gasteiger partial charge in [-0.1, -0.05) is 56.3 Å². The lowest BCUT2D eigenvalue weighted by Gasteiger charge is -2.28. The van der Waals surface area contributed by atoms with Crippen LogP contribution in [0.15, 0.2) is 81.8 Å². The predicted molar refractivity (Wildman–Crippen MR) is 177 cm³/mol. The molecule has 13 nitrogen and oxygen atoms in total. The molecule has 1 spiro atoms. The Morgan fingerprint density at radius 3 is 2.67 bits per heavy atom. The van der Waals surface area contributed by atoms with Gasteiger partial charge in [0.25, 0.3) is 0 Å². The molecule has 3 aromatic carbocycles. The molecule has 51 heavy (non-hydrogen) atoms. The molecular formula is C37H32FN5O8. The maximum absolute atomic E-state index is 15.2. The number of nitrogens with one attached hydrogen (secondary N) is 3. The number of amides is 2. The van der Waals surface area contributed by atoms with Crippen LogP contribution < -0.4 is 20.7 Å². The molecule has 3 aliphatic heterocycles. The van der Waals surface area contributed by atoms with E-state index in [9.17, 15) is 14.4 Å². The second-order valence-electron chi connectivity index (χ2n) is 12.9. The topological polar surface area (TPSA) is 167 Å². The summed E-state index contributed by atoms with van der Waals surface area (Å²) in [5, 5.41) is 9.12. The largest absolute Gasteiger partial charge is 0.469 e. The predicted octanol–water partition coefficient (Wildman–Crippen LogP) is 5.40. The van der Waals surface area contributed by atoms with Gasteiger partial charge in [-0.25, -0.2) is 23.9 Å². The highest BCUT2D eigenvalue weighted by Crippen LogP contribution is 2.59. The minimum absolute atomic E-state index is 0.0130. The Morgan fingerprint density at radius 2 is 1.88 bits per heavy atom. The number of methoxy groups -OCH3 is 1. The monoisotopic (exact) mass is 693 g/mol. The van der Waals surface area contributed by atoms with E-state index in [2.05, 4.69) is 20.9 Å². The van der Waals surface area contributed by atoms with Gasteiger partial charge >= 0.3 is 12.1 Å². The van der Waals surface area contributed by atoms with Gasteiger partial charge in [0, 0.05) is 23.2 Å². The molecule has 5 aromatic rings. The van der Waals surface area contributed by atoms with Crippen LogP contribution in [0.5, 0.6) is 5.75 Å². The zero-order chi connectivity index (χ0) is 35.4. The summed E-state index contributed by atoms with van der Waals surface area (Å²) >= 11 is 0. The van der Waals surface area contributed by atoms with Crippen LogP contribution in [0, 0.1) is 11.7 Å². The van der Waals surface area contributed by atoms with Crippen molar-refractivity contribution in [3.8, 4) is 17.3 Å². The molecule has 0 saturated heterocycles. The summed E-state index contributed by atoms with van der Waals surface area (Å²) in [6.45, 7) is 3.76. The lowest BCUT2D eigenvalue weighted by molar-refractivity contribution is -0.124. The average Bonchev–Trinajstić information content (AvgIpc) is 3.90. The molecule has 2 aromatic heterocycles. The Labute approximate surface area is 290 Å². The van der Waals surface area contributed by atoms with Crippen LogP contribution in [0.3, 0.4) is 0 Å². The zero-order valence-corrected chi connectivity index (χ0v) is 27.7. The maximum Gasteiger partial charge on any atom is 0.408 e. The van der Waals surface area contributed by atoms with E-state index in [1.165, 1.54) is 19.2 Å². The van der Waals surface area contributed by atoms with E-state index in [0.29, 0.717) is 28.1 Å². The second kappa shape index (κ2) is 12.3. The number of alkyl carbamates (subject to hydrolysis) is 1. The number of hydrogen-bond acceptors (Lipinski definition) is 11. The number of benzene rings is 3. The summed E-state index contributed by atoms with van der Waals surface area (Å²) in [6.07, 6.45) is -0.375. The smallest absolute Gasteiger partial charge is 0.408 e. The van der Waals surface area contributed by atoms with E-state index in [-0.39, 0.29) is 47.9 Å². The van der Waals surface area contributed by atoms with Crippen LogP contribution in [0.4, 0.5) is 14.9 Å². The summed E-state index contributed by atoms with van der Waals surface area (Å²) in [5.41, 5.74) is 1.83. The molecule has 0 radical (unpaired) electrons. The van der Waals surface area contributed by atoms with Gasteiger partial charge < -0.3 is 39.0 Å². The van der Waals surface area contributed by atoms with Gasteiger partial charge in [0.05, 0.1) is 7.11 Å². The van der Waals surface area contributed by atoms with Crippen LogP contribution >= 0.6 is 0 Å². The molecule has 0 fully saturated rings. The number of rotatable bonds is 6. The fourth-order valence-electron chi connectivity index (χ4n) is 6.95. The minimum atomic E-state index is -1.34. The number of hydrogen-bond donors (Lipinski definition) is 3. The van der Waals surface area contributed by atoms with E-state index < -0.39 is 47.5 Å². The number of ether oxygens (including phenoxy) is 3. The molecule has 3 N–H and O–H groups in total. The first-order valence-electron chi connectivity index (χ1n) is 16.3. The number of anilines is 1.